The molecule has 6 atom stereocenters. The summed E-state index contributed by atoms with van der Waals surface area (Å²) in [5.74, 6) is 1.17. The molecule has 31 heavy (non-hydrogen) atoms. The summed E-state index contributed by atoms with van der Waals surface area (Å²) >= 11 is 0. The van der Waals surface area contributed by atoms with Crippen LogP contribution in [0.5, 0.6) is 0 Å². The number of pyridine rings is 1. The van der Waals surface area contributed by atoms with E-state index < -0.39 is 0 Å². The molecule has 3 heterocycles. The minimum Gasteiger partial charge on any atom is -0.389 e. The molecule has 0 amide bonds. The maximum atomic E-state index is 10.2. The van der Waals surface area contributed by atoms with Gasteiger partial charge in [0, 0.05) is 17.8 Å². The van der Waals surface area contributed by atoms with Crippen molar-refractivity contribution < 1.29 is 9.84 Å². The highest BCUT2D eigenvalue weighted by Gasteiger charge is 2.66. The Bertz CT molecular complexity index is 1150. The number of hydrogen-bond acceptors (Lipinski definition) is 3. The number of fused-ring (bicyclic) bond motifs is 2. The summed E-state index contributed by atoms with van der Waals surface area (Å²) in [5.41, 5.74) is 4.35. The SMILES string of the molecule is C[C@]12CCC3=CC4=C[C@H](O)CC[C@]45CC[C@]3(O5)[C@@H]1CC[C@@H]2c1ccc2ccncc2c1. The molecule has 2 aromatic rings. The number of nitrogens with zero attached hydrogens (tertiary/aromatic N) is 1. The molecule has 3 fully saturated rings. The zero-order chi connectivity index (χ0) is 20.8. The van der Waals surface area contributed by atoms with Gasteiger partial charge in [0.05, 0.1) is 17.3 Å². The van der Waals surface area contributed by atoms with E-state index in [1.54, 1.807) is 0 Å². The van der Waals surface area contributed by atoms with Gasteiger partial charge in [0.15, 0.2) is 0 Å². The molecule has 3 heteroatoms. The maximum absolute atomic E-state index is 10.2. The summed E-state index contributed by atoms with van der Waals surface area (Å²) < 4.78 is 7.20. The van der Waals surface area contributed by atoms with Crippen LogP contribution in [-0.4, -0.2) is 27.4 Å². The van der Waals surface area contributed by atoms with Crippen LogP contribution in [0.3, 0.4) is 0 Å². The van der Waals surface area contributed by atoms with Crippen molar-refractivity contribution >= 4 is 10.8 Å². The third kappa shape index (κ3) is 2.34. The van der Waals surface area contributed by atoms with Gasteiger partial charge in [0.25, 0.3) is 0 Å². The van der Waals surface area contributed by atoms with Gasteiger partial charge in [0.2, 0.25) is 0 Å². The van der Waals surface area contributed by atoms with Crippen molar-refractivity contribution in [1.29, 1.82) is 0 Å². The molecular weight excluding hydrogens is 382 g/mol. The third-order valence-corrected chi connectivity index (χ3v) is 9.79. The van der Waals surface area contributed by atoms with Gasteiger partial charge in [-0.25, -0.2) is 0 Å². The molecule has 1 aromatic heterocycles. The molecule has 2 saturated carbocycles. The standard InChI is InChI=1S/C28H31NO2/c1-26-9-6-21-15-22-16-23(30)7-10-27(22)11-12-28(21,31-27)25(26)5-4-24(26)19-3-2-18-8-13-29-17-20(18)14-19/h2-3,8,13-17,23-25,30H,4-7,9-12H2,1H3/t23-,24-,25-,26-,27+,28-/m1/s1. The van der Waals surface area contributed by atoms with Gasteiger partial charge in [-0.15, -0.1) is 0 Å². The predicted molar refractivity (Wildman–Crippen MR) is 122 cm³/mol. The van der Waals surface area contributed by atoms with E-state index >= 15 is 0 Å². The van der Waals surface area contributed by atoms with Crippen LogP contribution in [0.15, 0.2) is 60.0 Å². The van der Waals surface area contributed by atoms with Gasteiger partial charge in [0.1, 0.15) is 0 Å². The number of aliphatic hydroxyl groups excluding tert-OH is 1. The average Bonchev–Trinajstić information content (AvgIpc) is 3.30. The van der Waals surface area contributed by atoms with Gasteiger partial charge in [-0.05, 0) is 103 Å². The van der Waals surface area contributed by atoms with Gasteiger partial charge in [-0.2, -0.15) is 0 Å². The van der Waals surface area contributed by atoms with E-state index in [9.17, 15) is 5.11 Å². The predicted octanol–water partition coefficient (Wildman–Crippen LogP) is 5.84. The molecule has 7 rings (SSSR count). The lowest BCUT2D eigenvalue weighted by atomic mass is 9.56. The second kappa shape index (κ2) is 6.08. The second-order valence-electron chi connectivity index (χ2n) is 11.1. The highest BCUT2D eigenvalue weighted by Crippen LogP contribution is 2.70. The number of hydrogen-bond donors (Lipinski definition) is 1. The lowest BCUT2D eigenvalue weighted by molar-refractivity contribution is -0.142. The fourth-order valence-corrected chi connectivity index (χ4v) is 8.28. The molecule has 0 unspecified atom stereocenters. The van der Waals surface area contributed by atoms with E-state index in [1.165, 1.54) is 46.7 Å². The van der Waals surface area contributed by atoms with E-state index in [0.717, 1.165) is 32.1 Å². The monoisotopic (exact) mass is 413 g/mol. The average molecular weight is 414 g/mol. The molecular formula is C28H31NO2. The number of benzene rings is 1. The first-order valence-electron chi connectivity index (χ1n) is 12.2. The summed E-state index contributed by atoms with van der Waals surface area (Å²) in [7, 11) is 0. The lowest BCUT2D eigenvalue weighted by Crippen LogP contribution is -2.54. The topological polar surface area (TPSA) is 42.4 Å². The van der Waals surface area contributed by atoms with Crippen molar-refractivity contribution in [3.8, 4) is 0 Å². The molecule has 160 valence electrons. The van der Waals surface area contributed by atoms with E-state index in [0.29, 0.717) is 11.8 Å². The Kier molecular flexibility index (Phi) is 3.65. The summed E-state index contributed by atoms with van der Waals surface area (Å²) in [4.78, 5) is 4.36. The first-order valence-corrected chi connectivity index (χ1v) is 12.2. The molecule has 1 N–H and O–H groups in total. The third-order valence-electron chi connectivity index (χ3n) is 9.79. The van der Waals surface area contributed by atoms with Crippen LogP contribution < -0.4 is 0 Å². The van der Waals surface area contributed by atoms with Crippen LogP contribution >= 0.6 is 0 Å². The lowest BCUT2D eigenvalue weighted by Gasteiger charge is -2.55. The van der Waals surface area contributed by atoms with Crippen molar-refractivity contribution in [3.05, 3.63) is 65.5 Å². The van der Waals surface area contributed by atoms with Gasteiger partial charge in [-0.1, -0.05) is 31.2 Å². The first-order chi connectivity index (χ1) is 15.0. The quantitative estimate of drug-likeness (QED) is 0.639. The Morgan fingerprint density at radius 2 is 1.97 bits per heavy atom. The minimum absolute atomic E-state index is 0.0697. The van der Waals surface area contributed by atoms with E-state index in [-0.39, 0.29) is 22.7 Å². The number of aliphatic hydroxyl groups is 1. The molecule has 5 aliphatic rings. The first kappa shape index (κ1) is 18.6. The zero-order valence-corrected chi connectivity index (χ0v) is 18.3. The summed E-state index contributed by atoms with van der Waals surface area (Å²) in [6, 6.07) is 9.15. The molecule has 0 radical (unpaired) electrons. The Balaban J connectivity index is 1.30. The van der Waals surface area contributed by atoms with Crippen molar-refractivity contribution in [2.45, 2.75) is 81.5 Å². The van der Waals surface area contributed by atoms with Gasteiger partial charge in [-0.3, -0.25) is 4.98 Å². The largest absolute Gasteiger partial charge is 0.389 e. The van der Waals surface area contributed by atoms with Crippen LogP contribution in [0.2, 0.25) is 0 Å². The van der Waals surface area contributed by atoms with Crippen LogP contribution in [0.25, 0.3) is 10.8 Å². The Hall–Kier alpha value is -1.97. The summed E-state index contributed by atoms with van der Waals surface area (Å²) in [6.45, 7) is 2.55. The molecule has 1 saturated heterocycles. The second-order valence-corrected chi connectivity index (χ2v) is 11.1. The molecule has 3 aliphatic carbocycles. The maximum Gasteiger partial charge on any atom is 0.0943 e. The fraction of sp³-hybridized carbons (Fsp3) is 0.536. The molecule has 3 nitrogen and oxygen atoms in total. The molecule has 2 aliphatic heterocycles. The van der Waals surface area contributed by atoms with E-state index in [2.05, 4.69) is 48.3 Å². The number of rotatable bonds is 1. The van der Waals surface area contributed by atoms with E-state index in [1.807, 2.05) is 12.4 Å². The Morgan fingerprint density at radius 1 is 1.03 bits per heavy atom. The highest BCUT2D eigenvalue weighted by molar-refractivity contribution is 5.82. The summed E-state index contributed by atoms with van der Waals surface area (Å²) in [6.07, 6.45) is 17.0. The Morgan fingerprint density at radius 3 is 2.90 bits per heavy atom. The van der Waals surface area contributed by atoms with Crippen molar-refractivity contribution in [1.82, 2.24) is 4.98 Å². The van der Waals surface area contributed by atoms with Gasteiger partial charge >= 0.3 is 0 Å². The number of ether oxygens (including phenoxy) is 1. The molecule has 1 aromatic carbocycles. The van der Waals surface area contributed by atoms with Crippen LogP contribution in [-0.2, 0) is 4.74 Å². The molecule has 2 spiro atoms. The van der Waals surface area contributed by atoms with Crippen LogP contribution in [0, 0.1) is 11.3 Å². The fourth-order valence-electron chi connectivity index (χ4n) is 8.28. The highest BCUT2D eigenvalue weighted by atomic mass is 16.5. The normalized spacial score (nSPS) is 43.1. The summed E-state index contributed by atoms with van der Waals surface area (Å²) in [5, 5.41) is 12.8. The smallest absolute Gasteiger partial charge is 0.0943 e. The van der Waals surface area contributed by atoms with Gasteiger partial charge < -0.3 is 9.84 Å². The number of aromatic nitrogens is 1. The van der Waals surface area contributed by atoms with E-state index in [4.69, 9.17) is 4.74 Å². The van der Waals surface area contributed by atoms with Crippen molar-refractivity contribution in [2.24, 2.45) is 11.3 Å². The Labute approximate surface area is 184 Å². The van der Waals surface area contributed by atoms with Crippen molar-refractivity contribution in [2.75, 3.05) is 0 Å². The zero-order valence-electron chi connectivity index (χ0n) is 18.3. The minimum atomic E-state index is -0.304. The van der Waals surface area contributed by atoms with Crippen molar-refractivity contribution in [3.63, 3.8) is 0 Å². The molecule has 2 bridgehead atoms. The van der Waals surface area contributed by atoms with Crippen LogP contribution in [0.1, 0.15) is 69.8 Å². The van der Waals surface area contributed by atoms with Crippen LogP contribution in [0.4, 0.5) is 0 Å².